The number of halogens is 3. The zero-order chi connectivity index (χ0) is 16.2. The summed E-state index contributed by atoms with van der Waals surface area (Å²) in [6, 6.07) is 14.7. The molecule has 2 N–H and O–H groups in total. The molecule has 0 aromatic heterocycles. The minimum atomic E-state index is -4.91. The molecule has 0 saturated carbocycles. The first-order valence-corrected chi connectivity index (χ1v) is 6.66. The number of alkyl halides is 3. The SMILES string of the molecule is Nc1cccc(CCN(C(=O)C(F)(F)F)c2ccccc2)c1. The highest BCUT2D eigenvalue weighted by molar-refractivity contribution is 5.97. The first-order chi connectivity index (χ1) is 10.4. The fraction of sp³-hybridized carbons (Fsp3) is 0.188. The van der Waals surface area contributed by atoms with Crippen molar-refractivity contribution in [2.24, 2.45) is 0 Å². The number of carbonyl (C=O) groups excluding carboxylic acids is 1. The average molecular weight is 308 g/mol. The van der Waals surface area contributed by atoms with Crippen LogP contribution in [0.15, 0.2) is 54.6 Å². The minimum Gasteiger partial charge on any atom is -0.399 e. The van der Waals surface area contributed by atoms with Crippen LogP contribution in [0.4, 0.5) is 24.5 Å². The highest BCUT2D eigenvalue weighted by atomic mass is 19.4. The van der Waals surface area contributed by atoms with Gasteiger partial charge in [-0.1, -0.05) is 30.3 Å². The summed E-state index contributed by atoms with van der Waals surface area (Å²) in [6.45, 7) is -0.0776. The molecule has 2 aromatic rings. The number of nitrogens with two attached hydrogens (primary N) is 1. The van der Waals surface area contributed by atoms with Crippen molar-refractivity contribution >= 4 is 17.3 Å². The Morgan fingerprint density at radius 2 is 1.73 bits per heavy atom. The second-order valence-electron chi connectivity index (χ2n) is 4.79. The van der Waals surface area contributed by atoms with Crippen LogP contribution in [0.1, 0.15) is 5.56 Å². The molecule has 116 valence electrons. The molecule has 0 aliphatic rings. The molecule has 0 radical (unpaired) electrons. The van der Waals surface area contributed by atoms with E-state index < -0.39 is 12.1 Å². The lowest BCUT2D eigenvalue weighted by Gasteiger charge is -2.24. The summed E-state index contributed by atoms with van der Waals surface area (Å²) in [6.07, 6.45) is -4.63. The molecular weight excluding hydrogens is 293 g/mol. The van der Waals surface area contributed by atoms with Crippen LogP contribution in [-0.2, 0) is 11.2 Å². The van der Waals surface area contributed by atoms with Gasteiger partial charge in [-0.15, -0.1) is 0 Å². The largest absolute Gasteiger partial charge is 0.471 e. The van der Waals surface area contributed by atoms with Gasteiger partial charge in [-0.25, -0.2) is 0 Å². The monoisotopic (exact) mass is 308 g/mol. The van der Waals surface area contributed by atoms with E-state index in [0.29, 0.717) is 5.69 Å². The van der Waals surface area contributed by atoms with Crippen molar-refractivity contribution in [2.45, 2.75) is 12.6 Å². The summed E-state index contributed by atoms with van der Waals surface area (Å²) in [5.74, 6) is -1.87. The van der Waals surface area contributed by atoms with E-state index in [0.717, 1.165) is 10.5 Å². The van der Waals surface area contributed by atoms with Crippen LogP contribution >= 0.6 is 0 Å². The molecule has 22 heavy (non-hydrogen) atoms. The molecule has 1 amide bonds. The van der Waals surface area contributed by atoms with Crippen LogP contribution in [-0.4, -0.2) is 18.6 Å². The summed E-state index contributed by atoms with van der Waals surface area (Å²) in [5, 5.41) is 0. The Bertz CT molecular complexity index is 641. The maximum absolute atomic E-state index is 12.8. The predicted octanol–water partition coefficient (Wildman–Crippen LogP) is 3.41. The number of nitrogens with zero attached hydrogens (tertiary/aromatic N) is 1. The molecule has 0 aliphatic carbocycles. The van der Waals surface area contributed by atoms with Crippen LogP contribution in [0.2, 0.25) is 0 Å². The van der Waals surface area contributed by atoms with Crippen molar-refractivity contribution in [1.82, 2.24) is 0 Å². The van der Waals surface area contributed by atoms with Crippen LogP contribution < -0.4 is 10.6 Å². The van der Waals surface area contributed by atoms with E-state index in [-0.39, 0.29) is 18.7 Å². The normalized spacial score (nSPS) is 11.2. The lowest BCUT2D eigenvalue weighted by Crippen LogP contribution is -2.42. The number of benzene rings is 2. The van der Waals surface area contributed by atoms with E-state index in [1.165, 1.54) is 12.1 Å². The van der Waals surface area contributed by atoms with Gasteiger partial charge in [0.25, 0.3) is 0 Å². The fourth-order valence-electron chi connectivity index (χ4n) is 2.10. The Kier molecular flexibility index (Phi) is 4.70. The van der Waals surface area contributed by atoms with Gasteiger partial charge in [-0.2, -0.15) is 13.2 Å². The van der Waals surface area contributed by atoms with Gasteiger partial charge in [0.05, 0.1) is 0 Å². The van der Waals surface area contributed by atoms with Gasteiger partial charge in [0.15, 0.2) is 0 Å². The number of anilines is 2. The van der Waals surface area contributed by atoms with Crippen molar-refractivity contribution in [3.63, 3.8) is 0 Å². The topological polar surface area (TPSA) is 46.3 Å². The Labute approximate surface area is 126 Å². The van der Waals surface area contributed by atoms with Gasteiger partial charge in [0, 0.05) is 17.9 Å². The van der Waals surface area contributed by atoms with Gasteiger partial charge in [-0.3, -0.25) is 4.79 Å². The Balaban J connectivity index is 2.20. The third-order valence-electron chi connectivity index (χ3n) is 3.13. The predicted molar refractivity (Wildman–Crippen MR) is 79.4 cm³/mol. The first-order valence-electron chi connectivity index (χ1n) is 6.66. The van der Waals surface area contributed by atoms with Gasteiger partial charge in [0.1, 0.15) is 0 Å². The molecule has 0 aliphatic heterocycles. The highest BCUT2D eigenvalue weighted by Gasteiger charge is 2.42. The van der Waals surface area contributed by atoms with Crippen molar-refractivity contribution in [2.75, 3.05) is 17.2 Å². The molecule has 6 heteroatoms. The average Bonchev–Trinajstić information content (AvgIpc) is 2.47. The quantitative estimate of drug-likeness (QED) is 0.880. The maximum Gasteiger partial charge on any atom is 0.471 e. The molecule has 0 unspecified atom stereocenters. The van der Waals surface area contributed by atoms with Crippen molar-refractivity contribution in [3.8, 4) is 0 Å². The van der Waals surface area contributed by atoms with Crippen LogP contribution in [0.3, 0.4) is 0 Å². The lowest BCUT2D eigenvalue weighted by atomic mass is 10.1. The third kappa shape index (κ3) is 4.00. The van der Waals surface area contributed by atoms with E-state index in [4.69, 9.17) is 5.73 Å². The number of rotatable bonds is 4. The molecule has 2 aromatic carbocycles. The van der Waals surface area contributed by atoms with Gasteiger partial charge in [-0.05, 0) is 36.2 Å². The zero-order valence-corrected chi connectivity index (χ0v) is 11.7. The summed E-state index contributed by atoms with van der Waals surface area (Å²) < 4.78 is 38.3. The minimum absolute atomic E-state index is 0.0776. The molecular formula is C16H15F3N2O. The van der Waals surface area contributed by atoms with Crippen molar-refractivity contribution < 1.29 is 18.0 Å². The Hall–Kier alpha value is -2.50. The third-order valence-corrected chi connectivity index (χ3v) is 3.13. The smallest absolute Gasteiger partial charge is 0.399 e. The standard InChI is InChI=1S/C16H15F3N2O/c17-16(18,19)15(22)21(14-7-2-1-3-8-14)10-9-12-5-4-6-13(20)11-12/h1-8,11H,9-10,20H2. The molecule has 0 bridgehead atoms. The van der Waals surface area contributed by atoms with Crippen LogP contribution in [0, 0.1) is 0 Å². The molecule has 0 atom stereocenters. The van der Waals surface area contributed by atoms with E-state index in [1.54, 1.807) is 42.5 Å². The molecule has 0 heterocycles. The zero-order valence-electron chi connectivity index (χ0n) is 11.7. The summed E-state index contributed by atoms with van der Waals surface area (Å²) >= 11 is 0. The Morgan fingerprint density at radius 3 is 2.32 bits per heavy atom. The number of hydrogen-bond acceptors (Lipinski definition) is 2. The highest BCUT2D eigenvalue weighted by Crippen LogP contribution is 2.24. The number of hydrogen-bond donors (Lipinski definition) is 1. The summed E-state index contributed by atoms with van der Waals surface area (Å²) in [7, 11) is 0. The molecule has 2 rings (SSSR count). The lowest BCUT2D eigenvalue weighted by molar-refractivity contribution is -0.170. The van der Waals surface area contributed by atoms with Gasteiger partial charge >= 0.3 is 12.1 Å². The maximum atomic E-state index is 12.8. The number of carbonyl (C=O) groups is 1. The number of nitrogen functional groups attached to an aromatic ring is 1. The number of para-hydroxylation sites is 1. The summed E-state index contributed by atoms with van der Waals surface area (Å²) in [4.78, 5) is 12.4. The molecule has 0 spiro atoms. The van der Waals surface area contributed by atoms with Gasteiger partial charge < -0.3 is 10.6 Å². The molecule has 0 fully saturated rings. The van der Waals surface area contributed by atoms with Crippen molar-refractivity contribution in [3.05, 3.63) is 60.2 Å². The van der Waals surface area contributed by atoms with E-state index in [2.05, 4.69) is 0 Å². The number of amides is 1. The van der Waals surface area contributed by atoms with Gasteiger partial charge in [0.2, 0.25) is 0 Å². The fourth-order valence-corrected chi connectivity index (χ4v) is 2.10. The summed E-state index contributed by atoms with van der Waals surface area (Å²) in [5.41, 5.74) is 7.17. The van der Waals surface area contributed by atoms with Crippen LogP contribution in [0.25, 0.3) is 0 Å². The van der Waals surface area contributed by atoms with E-state index in [9.17, 15) is 18.0 Å². The van der Waals surface area contributed by atoms with Crippen molar-refractivity contribution in [1.29, 1.82) is 0 Å². The first kappa shape index (κ1) is 15.9. The second-order valence-corrected chi connectivity index (χ2v) is 4.79. The van der Waals surface area contributed by atoms with E-state index in [1.807, 2.05) is 0 Å². The molecule has 3 nitrogen and oxygen atoms in total. The Morgan fingerprint density at radius 1 is 1.05 bits per heavy atom. The van der Waals surface area contributed by atoms with Crippen LogP contribution in [0.5, 0.6) is 0 Å². The van der Waals surface area contributed by atoms with E-state index >= 15 is 0 Å². The second kappa shape index (κ2) is 6.51. The molecule has 0 saturated heterocycles.